The van der Waals surface area contributed by atoms with Crippen LogP contribution in [0.2, 0.25) is 0 Å². The number of hydrogen-bond acceptors (Lipinski definition) is 3. The Balaban J connectivity index is -0.0000000480. The molecule has 0 aliphatic carbocycles. The van der Waals surface area contributed by atoms with Crippen molar-refractivity contribution in [3.05, 3.63) is 0 Å². The van der Waals surface area contributed by atoms with Crippen LogP contribution in [0.5, 0.6) is 0 Å². The normalized spacial score (nSPS) is 5.86. The second kappa shape index (κ2) is 16.6. The van der Waals surface area contributed by atoms with E-state index in [1.54, 1.807) is 0 Å². The Morgan fingerprint density at radius 1 is 1.29 bits per heavy atom. The van der Waals surface area contributed by atoms with Crippen LogP contribution in [-0.2, 0) is 4.57 Å². The predicted octanol–water partition coefficient (Wildman–Crippen LogP) is -2.65. The van der Waals surface area contributed by atoms with Crippen LogP contribution in [-0.4, -0.2) is 15.3 Å². The summed E-state index contributed by atoms with van der Waals surface area (Å²) in [7, 11) is -3.13. The van der Waals surface area contributed by atoms with Gasteiger partial charge in [-0.1, -0.05) is 0 Å². The lowest BCUT2D eigenvalue weighted by atomic mass is 13.0. The smallest absolute Gasteiger partial charge is 0.314 e. The summed E-state index contributed by atoms with van der Waals surface area (Å²) in [5, 5.41) is 0. The molecule has 0 unspecified atom stereocenters. The van der Waals surface area contributed by atoms with Crippen molar-refractivity contribution in [1.82, 2.24) is 0 Å². The van der Waals surface area contributed by atoms with Gasteiger partial charge in [-0.3, -0.25) is 16.3 Å². The Morgan fingerprint density at radius 3 is 1.29 bits per heavy atom. The Morgan fingerprint density at radius 2 is 1.29 bits per heavy atom. The van der Waals surface area contributed by atoms with E-state index in [4.69, 9.17) is 14.4 Å². The van der Waals surface area contributed by atoms with Gasteiger partial charge >= 0.3 is 8.25 Å². The minimum atomic E-state index is -3.13. The fourth-order valence-corrected chi connectivity index (χ4v) is 0. The zero-order valence-electron chi connectivity index (χ0n) is 3.46. The molecule has 0 rings (SSSR count). The number of hydrogen-bond donors (Lipinski definition) is 4. The summed E-state index contributed by atoms with van der Waals surface area (Å²) in [5.41, 5.74) is 0. The van der Waals surface area contributed by atoms with Gasteiger partial charge in [0.15, 0.2) is 0 Å². The SMILES string of the molecule is NN.O.O=[PH](O)O. The van der Waals surface area contributed by atoms with Crippen molar-refractivity contribution < 1.29 is 19.8 Å². The zero-order chi connectivity index (χ0) is 5.58. The quantitative estimate of drug-likeness (QED) is 0.162. The van der Waals surface area contributed by atoms with E-state index in [1.165, 1.54) is 0 Å². The molecule has 0 saturated heterocycles. The highest BCUT2D eigenvalue weighted by molar-refractivity contribution is 7.30. The lowest BCUT2D eigenvalue weighted by Crippen LogP contribution is -2.02. The lowest BCUT2D eigenvalue weighted by Gasteiger charge is -1.61. The molecule has 0 bridgehead atoms. The summed E-state index contributed by atoms with van der Waals surface area (Å²) in [5.74, 6) is 8.00. The van der Waals surface area contributed by atoms with Crippen molar-refractivity contribution in [3.8, 4) is 0 Å². The number of nitrogens with two attached hydrogens (primary N) is 2. The highest BCUT2D eigenvalue weighted by atomic mass is 31.1. The second-order valence-corrected chi connectivity index (χ2v) is 0.848. The van der Waals surface area contributed by atoms with Crippen LogP contribution >= 0.6 is 8.25 Å². The summed E-state index contributed by atoms with van der Waals surface area (Å²) in [6.07, 6.45) is 0. The van der Waals surface area contributed by atoms with Crippen molar-refractivity contribution in [2.24, 2.45) is 11.7 Å². The molecule has 0 saturated carbocycles. The maximum absolute atomic E-state index is 8.74. The molecule has 0 heterocycles. The van der Waals surface area contributed by atoms with Crippen molar-refractivity contribution >= 4 is 8.25 Å². The van der Waals surface area contributed by atoms with Gasteiger partial charge in [-0.05, 0) is 0 Å². The molecule has 0 aromatic heterocycles. The maximum atomic E-state index is 8.74. The molecule has 0 aliphatic rings. The van der Waals surface area contributed by atoms with Gasteiger partial charge in [0.1, 0.15) is 0 Å². The maximum Gasteiger partial charge on any atom is 0.314 e. The Hall–Kier alpha value is 0.0300. The van der Waals surface area contributed by atoms with Crippen molar-refractivity contribution in [3.63, 3.8) is 0 Å². The van der Waals surface area contributed by atoms with Crippen LogP contribution in [0.3, 0.4) is 0 Å². The first kappa shape index (κ1) is 15.7. The molecule has 7 heavy (non-hydrogen) atoms. The topological polar surface area (TPSA) is 141 Å². The number of rotatable bonds is 0. The lowest BCUT2D eigenvalue weighted by molar-refractivity contribution is 0.405. The second-order valence-electron chi connectivity index (χ2n) is 0.283. The van der Waals surface area contributed by atoms with Gasteiger partial charge in [-0.25, -0.2) is 0 Å². The van der Waals surface area contributed by atoms with E-state index >= 15 is 0 Å². The predicted molar refractivity (Wildman–Crippen MR) is 25.4 cm³/mol. The van der Waals surface area contributed by atoms with E-state index in [0.717, 1.165) is 0 Å². The van der Waals surface area contributed by atoms with E-state index in [-0.39, 0.29) is 5.48 Å². The van der Waals surface area contributed by atoms with E-state index in [2.05, 4.69) is 11.7 Å². The average Bonchev–Trinajstić information content (AvgIpc) is 1.41. The van der Waals surface area contributed by atoms with Gasteiger partial charge in [-0.15, -0.1) is 0 Å². The molecule has 8 N–H and O–H groups in total. The molecule has 0 fully saturated rings. The highest BCUT2D eigenvalue weighted by Gasteiger charge is 1.61. The first-order valence-electron chi connectivity index (χ1n) is 0.985. The van der Waals surface area contributed by atoms with Crippen LogP contribution in [0, 0.1) is 0 Å². The zero-order valence-corrected chi connectivity index (χ0v) is 4.46. The Labute approximate surface area is 41.0 Å². The summed E-state index contributed by atoms with van der Waals surface area (Å²) in [4.78, 5) is 14.3. The van der Waals surface area contributed by atoms with Crippen LogP contribution < -0.4 is 11.7 Å². The van der Waals surface area contributed by atoms with Gasteiger partial charge in [-0.2, -0.15) is 0 Å². The fraction of sp³-hybridized carbons (Fsp3) is 0. The van der Waals surface area contributed by atoms with Crippen molar-refractivity contribution in [2.75, 3.05) is 0 Å². The van der Waals surface area contributed by atoms with Crippen molar-refractivity contribution in [2.45, 2.75) is 0 Å². The molecule has 0 atom stereocenters. The molecule has 0 radical (unpaired) electrons. The Bertz CT molecular complexity index is 32.7. The summed E-state index contributed by atoms with van der Waals surface area (Å²) < 4.78 is 8.74. The largest absolute Gasteiger partial charge is 0.412 e. The third-order valence-electron chi connectivity index (χ3n) is 0. The fourth-order valence-electron chi connectivity index (χ4n) is 0. The molecule has 0 aromatic carbocycles. The van der Waals surface area contributed by atoms with E-state index in [0.29, 0.717) is 0 Å². The average molecular weight is 132 g/mol. The van der Waals surface area contributed by atoms with Crippen LogP contribution in [0.25, 0.3) is 0 Å². The molecular weight excluding hydrogens is 123 g/mol. The Kier molecular flexibility index (Phi) is 37.4. The van der Waals surface area contributed by atoms with E-state index < -0.39 is 8.25 Å². The number of hydrazine groups is 1. The molecule has 6 nitrogen and oxygen atoms in total. The molecule has 7 heteroatoms. The molecule has 0 aromatic rings. The summed E-state index contributed by atoms with van der Waals surface area (Å²) in [6.45, 7) is 0. The van der Waals surface area contributed by atoms with Crippen LogP contribution in [0.4, 0.5) is 0 Å². The molecule has 0 amide bonds. The molecular formula is H9N2O4P. The van der Waals surface area contributed by atoms with Gasteiger partial charge in [0.25, 0.3) is 0 Å². The highest BCUT2D eigenvalue weighted by Crippen LogP contribution is 1.98. The van der Waals surface area contributed by atoms with E-state index in [1.807, 2.05) is 0 Å². The molecule has 0 spiro atoms. The first-order valence-corrected chi connectivity index (χ1v) is 2.29. The van der Waals surface area contributed by atoms with Gasteiger partial charge < -0.3 is 15.3 Å². The molecule has 48 valence electrons. The van der Waals surface area contributed by atoms with Gasteiger partial charge in [0.2, 0.25) is 0 Å². The monoisotopic (exact) mass is 132 g/mol. The van der Waals surface area contributed by atoms with Gasteiger partial charge in [0, 0.05) is 0 Å². The minimum absolute atomic E-state index is 0. The summed E-state index contributed by atoms with van der Waals surface area (Å²) in [6, 6.07) is 0. The first-order chi connectivity index (χ1) is 2.73. The minimum Gasteiger partial charge on any atom is -0.412 e. The summed E-state index contributed by atoms with van der Waals surface area (Å²) >= 11 is 0. The van der Waals surface area contributed by atoms with Gasteiger partial charge in [0.05, 0.1) is 0 Å². The van der Waals surface area contributed by atoms with Crippen LogP contribution in [0.1, 0.15) is 0 Å². The third kappa shape index (κ3) is 109000. The van der Waals surface area contributed by atoms with E-state index in [9.17, 15) is 0 Å². The van der Waals surface area contributed by atoms with Crippen LogP contribution in [0.15, 0.2) is 0 Å². The standard InChI is InChI=1S/H4N2.H3O3P.H2O/c1-2;1-4(2)3;/h1-2H2;4H,(H2,1,2,3);1H2. The van der Waals surface area contributed by atoms with Crippen molar-refractivity contribution in [1.29, 1.82) is 0 Å². The third-order valence-corrected chi connectivity index (χ3v) is 0. The molecule has 0 aliphatic heterocycles.